The van der Waals surface area contributed by atoms with Crippen molar-refractivity contribution in [3.05, 3.63) is 24.0 Å². The van der Waals surface area contributed by atoms with Crippen LogP contribution in [0.25, 0.3) is 0 Å². The molecule has 2 fully saturated rings. The highest BCUT2D eigenvalue weighted by Crippen LogP contribution is 2.19. The van der Waals surface area contributed by atoms with Gasteiger partial charge in [-0.1, -0.05) is 6.08 Å². The maximum atomic E-state index is 12.6. The van der Waals surface area contributed by atoms with E-state index in [0.717, 1.165) is 32.4 Å². The molecule has 0 saturated carbocycles. The summed E-state index contributed by atoms with van der Waals surface area (Å²) in [6.45, 7) is 2.86. The molecule has 0 radical (unpaired) electrons. The average Bonchev–Trinajstić information content (AvgIpc) is 3.37. The van der Waals surface area contributed by atoms with Crippen molar-refractivity contribution < 1.29 is 42.6 Å². The van der Waals surface area contributed by atoms with Crippen molar-refractivity contribution in [3.63, 3.8) is 0 Å². The summed E-state index contributed by atoms with van der Waals surface area (Å²) in [5.74, 6) is -5.02. The molecule has 2 atom stereocenters. The van der Waals surface area contributed by atoms with Crippen LogP contribution in [-0.2, 0) is 19.2 Å². The zero-order chi connectivity index (χ0) is 26.7. The lowest BCUT2D eigenvalue weighted by Gasteiger charge is -2.31. The van der Waals surface area contributed by atoms with E-state index in [4.69, 9.17) is 9.90 Å². The van der Waals surface area contributed by atoms with Gasteiger partial charge in [0, 0.05) is 19.6 Å². The maximum Gasteiger partial charge on any atom is 0.490 e. The molecule has 2 aliphatic heterocycles. The Bertz CT molecular complexity index is 918. The average molecular weight is 518 g/mol. The number of alkyl halides is 3. The van der Waals surface area contributed by atoms with Crippen molar-refractivity contribution in [1.82, 2.24) is 30.9 Å². The largest absolute Gasteiger partial charge is 0.490 e. The Hall–Kier alpha value is -3.49. The van der Waals surface area contributed by atoms with Gasteiger partial charge in [-0.3, -0.25) is 14.4 Å². The number of H-pyrrole nitrogens is 1. The lowest BCUT2D eigenvalue weighted by atomic mass is 9.95. The summed E-state index contributed by atoms with van der Waals surface area (Å²) < 4.78 is 31.7. The van der Waals surface area contributed by atoms with Crippen LogP contribution >= 0.6 is 0 Å². The lowest BCUT2D eigenvalue weighted by Crippen LogP contribution is -2.46. The van der Waals surface area contributed by atoms with Gasteiger partial charge in [-0.05, 0) is 50.8 Å². The first-order valence-electron chi connectivity index (χ1n) is 11.3. The minimum absolute atomic E-state index is 0.0629. The lowest BCUT2D eigenvalue weighted by molar-refractivity contribution is -0.192. The predicted octanol–water partition coefficient (Wildman–Crippen LogP) is 0.517. The second-order valence-electron chi connectivity index (χ2n) is 8.40. The number of aliphatic carboxylic acids is 2. The minimum atomic E-state index is -5.08. The number of hydrogen-bond donors (Lipinski definition) is 5. The molecule has 1 aromatic rings. The second kappa shape index (κ2) is 13.6. The van der Waals surface area contributed by atoms with Crippen molar-refractivity contribution in [2.24, 2.45) is 11.8 Å². The number of hydrogen-bond acceptors (Lipinski definition) is 7. The molecule has 0 unspecified atom stereocenters. The molecule has 0 bridgehead atoms. The van der Waals surface area contributed by atoms with Crippen LogP contribution in [0, 0.1) is 11.8 Å². The molecule has 12 nitrogen and oxygen atoms in total. The number of allylic oxidation sites excluding steroid dienone is 1. The van der Waals surface area contributed by atoms with Crippen LogP contribution in [0.15, 0.2) is 18.3 Å². The van der Waals surface area contributed by atoms with Crippen LogP contribution in [0.1, 0.15) is 37.3 Å². The highest BCUT2D eigenvalue weighted by molar-refractivity contribution is 5.88. The van der Waals surface area contributed by atoms with Gasteiger partial charge in [0.25, 0.3) is 0 Å². The number of amides is 2. The first-order chi connectivity index (χ1) is 17.0. The summed E-state index contributed by atoms with van der Waals surface area (Å²) in [4.78, 5) is 47.1. The highest BCUT2D eigenvalue weighted by Gasteiger charge is 2.38. The molecule has 0 aliphatic carbocycles. The summed E-state index contributed by atoms with van der Waals surface area (Å²) >= 11 is 0. The number of carbonyl (C=O) groups is 4. The normalized spacial score (nSPS) is 19.8. The maximum absolute atomic E-state index is 12.6. The van der Waals surface area contributed by atoms with E-state index in [9.17, 15) is 32.7 Å². The predicted molar refractivity (Wildman–Crippen MR) is 117 cm³/mol. The number of aromatic amines is 1. The van der Waals surface area contributed by atoms with E-state index in [0.29, 0.717) is 25.4 Å². The zero-order valence-electron chi connectivity index (χ0n) is 19.3. The number of piperidine rings is 2. The van der Waals surface area contributed by atoms with E-state index < -0.39 is 24.0 Å². The van der Waals surface area contributed by atoms with E-state index in [2.05, 4.69) is 26.0 Å². The van der Waals surface area contributed by atoms with Gasteiger partial charge < -0.3 is 25.7 Å². The second-order valence-corrected chi connectivity index (χ2v) is 8.40. The summed E-state index contributed by atoms with van der Waals surface area (Å²) in [5, 5.41) is 32.3. The SMILES string of the molecule is O=C(NC[C@H](C(=O)O)c1cn[nH]n1)[C@@H]1CCCN(C(=O)/C=C/C2CCNCC2)C1.O=C(O)C(F)(F)F. The van der Waals surface area contributed by atoms with E-state index in [-0.39, 0.29) is 30.0 Å². The molecule has 5 N–H and O–H groups in total. The van der Waals surface area contributed by atoms with E-state index in [1.54, 1.807) is 11.0 Å². The molecule has 1 aromatic heterocycles. The number of carbonyl (C=O) groups excluding carboxylic acids is 2. The third kappa shape index (κ3) is 9.28. The molecule has 15 heteroatoms. The van der Waals surface area contributed by atoms with Crippen LogP contribution in [0.5, 0.6) is 0 Å². The number of nitrogens with one attached hydrogen (secondary N) is 3. The number of halogens is 3. The van der Waals surface area contributed by atoms with Gasteiger partial charge in [0.15, 0.2) is 0 Å². The number of aromatic nitrogens is 3. The summed E-state index contributed by atoms with van der Waals surface area (Å²) in [6.07, 6.45) is 3.37. The van der Waals surface area contributed by atoms with Crippen LogP contribution < -0.4 is 10.6 Å². The first kappa shape index (κ1) is 28.7. The number of carboxylic acids is 2. The van der Waals surface area contributed by atoms with Crippen molar-refractivity contribution in [1.29, 1.82) is 0 Å². The van der Waals surface area contributed by atoms with E-state index in [1.165, 1.54) is 6.20 Å². The van der Waals surface area contributed by atoms with Gasteiger partial charge >= 0.3 is 18.1 Å². The van der Waals surface area contributed by atoms with E-state index >= 15 is 0 Å². The number of carboxylic acid groups (broad SMARTS) is 2. The molecule has 200 valence electrons. The fraction of sp³-hybridized carbons (Fsp3) is 0.619. The molecule has 2 saturated heterocycles. The molecule has 36 heavy (non-hydrogen) atoms. The Morgan fingerprint density at radius 3 is 2.42 bits per heavy atom. The molecule has 0 aromatic carbocycles. The molecule has 2 aliphatic rings. The summed E-state index contributed by atoms with van der Waals surface area (Å²) in [6, 6.07) is 0. The van der Waals surface area contributed by atoms with Crippen LogP contribution in [0.4, 0.5) is 13.2 Å². The Labute approximate surface area is 204 Å². The standard InChI is InChI=1S/C19H28N6O4.C2HF3O2/c26-17(4-3-13-5-7-20-8-6-13)25-9-1-2-14(12-25)18(27)21-10-15(19(28)29)16-11-22-24-23-16;3-2(4,5)1(6)7/h3-4,11,13-15,20H,1-2,5-10,12H2,(H,21,27)(H,28,29)(H,22,23,24);(H,6,7)/b4-3+;/t14-,15+;/m1./s1. The number of rotatable bonds is 7. The summed E-state index contributed by atoms with van der Waals surface area (Å²) in [7, 11) is 0. The van der Waals surface area contributed by atoms with Crippen LogP contribution in [0.2, 0.25) is 0 Å². The van der Waals surface area contributed by atoms with Gasteiger partial charge in [-0.15, -0.1) is 0 Å². The molecular weight excluding hydrogens is 489 g/mol. The van der Waals surface area contributed by atoms with Gasteiger partial charge in [0.1, 0.15) is 5.92 Å². The fourth-order valence-corrected chi connectivity index (χ4v) is 3.80. The van der Waals surface area contributed by atoms with Crippen molar-refractivity contribution >= 4 is 23.8 Å². The molecule has 0 spiro atoms. The fourth-order valence-electron chi connectivity index (χ4n) is 3.80. The Balaban J connectivity index is 0.000000572. The molecule has 2 amide bonds. The summed E-state index contributed by atoms with van der Waals surface area (Å²) in [5.41, 5.74) is 0.265. The Morgan fingerprint density at radius 1 is 1.19 bits per heavy atom. The quantitative estimate of drug-likeness (QED) is 0.322. The van der Waals surface area contributed by atoms with Crippen molar-refractivity contribution in [3.8, 4) is 0 Å². The monoisotopic (exact) mass is 518 g/mol. The third-order valence-corrected chi connectivity index (χ3v) is 5.81. The van der Waals surface area contributed by atoms with Crippen molar-refractivity contribution in [2.75, 3.05) is 32.7 Å². The number of nitrogens with zero attached hydrogens (tertiary/aromatic N) is 3. The highest BCUT2D eigenvalue weighted by atomic mass is 19.4. The van der Waals surface area contributed by atoms with Crippen LogP contribution in [-0.4, -0.2) is 93.2 Å². The third-order valence-electron chi connectivity index (χ3n) is 5.81. The minimum Gasteiger partial charge on any atom is -0.481 e. The molecular formula is C21H29F3N6O6. The number of likely N-dealkylation sites (tertiary alicyclic amines) is 1. The zero-order valence-corrected chi connectivity index (χ0v) is 19.3. The van der Waals surface area contributed by atoms with Gasteiger partial charge in [-0.2, -0.15) is 28.6 Å². The first-order valence-corrected chi connectivity index (χ1v) is 11.3. The molecule has 3 rings (SSSR count). The van der Waals surface area contributed by atoms with Crippen molar-refractivity contribution in [2.45, 2.75) is 37.8 Å². The molecule has 3 heterocycles. The Kier molecular flexibility index (Phi) is 10.8. The topological polar surface area (TPSA) is 178 Å². The van der Waals surface area contributed by atoms with E-state index in [1.807, 2.05) is 6.08 Å². The van der Waals surface area contributed by atoms with Crippen LogP contribution in [0.3, 0.4) is 0 Å². The smallest absolute Gasteiger partial charge is 0.481 e. The van der Waals surface area contributed by atoms with Gasteiger partial charge in [-0.25, -0.2) is 4.79 Å². The van der Waals surface area contributed by atoms with Gasteiger partial charge in [0.2, 0.25) is 11.8 Å². The Morgan fingerprint density at radius 2 is 1.86 bits per heavy atom. The van der Waals surface area contributed by atoms with Gasteiger partial charge in [0.05, 0.1) is 17.8 Å².